The zero-order chi connectivity index (χ0) is 15.2. The number of nitrogens with two attached hydrogens (primary N) is 1. The molecule has 1 heterocycles. The summed E-state index contributed by atoms with van der Waals surface area (Å²) in [5, 5.41) is 11.5. The van der Waals surface area contributed by atoms with Crippen LogP contribution >= 0.6 is 0 Å². The van der Waals surface area contributed by atoms with Crippen LogP contribution in [0.25, 0.3) is 0 Å². The van der Waals surface area contributed by atoms with Crippen LogP contribution in [-0.4, -0.2) is 22.0 Å². The van der Waals surface area contributed by atoms with Gasteiger partial charge in [0.1, 0.15) is 0 Å². The number of carbonyl (C=O) groups excluding carboxylic acids is 1. The molecule has 4 N–H and O–H groups in total. The number of nitrogens with one attached hydrogen (secondary N) is 1. The molecule has 0 aliphatic heterocycles. The monoisotopic (exact) mass is 285 g/mol. The highest BCUT2D eigenvalue weighted by molar-refractivity contribution is 6.06. The van der Waals surface area contributed by atoms with Crippen molar-refractivity contribution in [3.8, 4) is 0 Å². The highest BCUT2D eigenvalue weighted by Crippen LogP contribution is 2.18. The van der Waals surface area contributed by atoms with Gasteiger partial charge in [-0.1, -0.05) is 18.2 Å². The van der Waals surface area contributed by atoms with Gasteiger partial charge in [-0.3, -0.25) is 9.59 Å². The summed E-state index contributed by atoms with van der Waals surface area (Å²) < 4.78 is 0. The van der Waals surface area contributed by atoms with Crippen LogP contribution in [0.15, 0.2) is 42.6 Å². The predicted molar refractivity (Wildman–Crippen MR) is 79.0 cm³/mol. The van der Waals surface area contributed by atoms with Gasteiger partial charge in [-0.2, -0.15) is 0 Å². The Balaban J connectivity index is 2.18. The van der Waals surface area contributed by atoms with Crippen LogP contribution < -0.4 is 11.1 Å². The van der Waals surface area contributed by atoms with Gasteiger partial charge in [0, 0.05) is 18.3 Å². The predicted octanol–water partition coefficient (Wildman–Crippen LogP) is 1.93. The van der Waals surface area contributed by atoms with Gasteiger partial charge in [0.2, 0.25) is 0 Å². The number of hydrogen-bond acceptors (Lipinski definition) is 4. The molecule has 21 heavy (non-hydrogen) atoms. The molecule has 0 radical (unpaired) electrons. The molecule has 0 bridgehead atoms. The minimum atomic E-state index is -0.884. The summed E-state index contributed by atoms with van der Waals surface area (Å²) in [7, 11) is 0. The standard InChI is InChI=1S/C15H15N3O3/c16-11-5-3-9-17-14(11)15(21)18-12-6-2-1-4-10(12)7-8-13(19)20/h1-6,9H,7-8,16H2,(H,18,21)(H,19,20). The Labute approximate surface area is 121 Å². The maximum absolute atomic E-state index is 12.2. The Morgan fingerprint density at radius 2 is 1.95 bits per heavy atom. The van der Waals surface area contributed by atoms with E-state index in [0.29, 0.717) is 12.1 Å². The summed E-state index contributed by atoms with van der Waals surface area (Å²) in [5.74, 6) is -1.30. The molecular weight excluding hydrogens is 270 g/mol. The summed E-state index contributed by atoms with van der Waals surface area (Å²) in [4.78, 5) is 26.8. The minimum absolute atomic E-state index is 0.00138. The Hall–Kier alpha value is -2.89. The van der Waals surface area contributed by atoms with Crippen LogP contribution in [0.2, 0.25) is 0 Å². The molecule has 0 spiro atoms. The number of hydrogen-bond donors (Lipinski definition) is 3. The first-order chi connectivity index (χ1) is 10.1. The quantitative estimate of drug-likeness (QED) is 0.778. The van der Waals surface area contributed by atoms with Crippen molar-refractivity contribution in [2.75, 3.05) is 11.1 Å². The number of nitrogens with zero attached hydrogens (tertiary/aromatic N) is 1. The van der Waals surface area contributed by atoms with Crippen LogP contribution in [-0.2, 0) is 11.2 Å². The number of aryl methyl sites for hydroxylation is 1. The zero-order valence-corrected chi connectivity index (χ0v) is 11.2. The molecule has 2 aromatic rings. The van der Waals surface area contributed by atoms with Gasteiger partial charge in [0.25, 0.3) is 5.91 Å². The Kier molecular flexibility index (Phi) is 4.50. The topological polar surface area (TPSA) is 105 Å². The molecular formula is C15H15N3O3. The van der Waals surface area contributed by atoms with Crippen molar-refractivity contribution in [1.82, 2.24) is 4.98 Å². The second-order valence-corrected chi connectivity index (χ2v) is 4.45. The maximum atomic E-state index is 12.2. The van der Waals surface area contributed by atoms with E-state index in [2.05, 4.69) is 10.3 Å². The molecule has 0 unspecified atom stereocenters. The highest BCUT2D eigenvalue weighted by Gasteiger charge is 2.13. The van der Waals surface area contributed by atoms with Gasteiger partial charge < -0.3 is 16.2 Å². The number of pyridine rings is 1. The van der Waals surface area contributed by atoms with Gasteiger partial charge in [0.15, 0.2) is 5.69 Å². The maximum Gasteiger partial charge on any atom is 0.303 e. The number of carbonyl (C=O) groups is 2. The highest BCUT2D eigenvalue weighted by atomic mass is 16.4. The fraction of sp³-hybridized carbons (Fsp3) is 0.133. The molecule has 0 saturated heterocycles. The van der Waals surface area contributed by atoms with E-state index in [1.807, 2.05) is 0 Å². The third-order valence-electron chi connectivity index (χ3n) is 2.93. The van der Waals surface area contributed by atoms with Gasteiger partial charge in [-0.25, -0.2) is 4.98 Å². The van der Waals surface area contributed by atoms with Crippen LogP contribution in [0, 0.1) is 0 Å². The van der Waals surface area contributed by atoms with E-state index < -0.39 is 11.9 Å². The van der Waals surface area contributed by atoms with Gasteiger partial charge in [0.05, 0.1) is 5.69 Å². The summed E-state index contributed by atoms with van der Waals surface area (Å²) in [6.45, 7) is 0. The number of carboxylic acid groups (broad SMARTS) is 1. The number of aliphatic carboxylic acids is 1. The van der Waals surface area contributed by atoms with E-state index in [1.54, 1.807) is 36.4 Å². The first-order valence-corrected chi connectivity index (χ1v) is 6.39. The summed E-state index contributed by atoms with van der Waals surface area (Å²) >= 11 is 0. The van der Waals surface area contributed by atoms with Crippen LogP contribution in [0.3, 0.4) is 0 Å². The molecule has 108 valence electrons. The van der Waals surface area contributed by atoms with E-state index in [0.717, 1.165) is 5.56 Å². The zero-order valence-electron chi connectivity index (χ0n) is 11.2. The van der Waals surface area contributed by atoms with Gasteiger partial charge in [-0.15, -0.1) is 0 Å². The first kappa shape index (κ1) is 14.5. The third kappa shape index (κ3) is 3.79. The lowest BCUT2D eigenvalue weighted by atomic mass is 10.1. The number of amides is 1. The van der Waals surface area contributed by atoms with E-state index in [1.165, 1.54) is 6.20 Å². The van der Waals surface area contributed by atoms with Crippen molar-refractivity contribution < 1.29 is 14.7 Å². The number of nitrogen functional groups attached to an aromatic ring is 1. The van der Waals surface area contributed by atoms with Gasteiger partial charge >= 0.3 is 5.97 Å². The lowest BCUT2D eigenvalue weighted by Crippen LogP contribution is -2.17. The summed E-state index contributed by atoms with van der Waals surface area (Å²) in [5.41, 5.74) is 7.46. The molecule has 0 aliphatic carbocycles. The number of carboxylic acids is 1. The van der Waals surface area contributed by atoms with Crippen molar-refractivity contribution in [2.45, 2.75) is 12.8 Å². The molecule has 0 saturated carbocycles. The molecule has 0 aliphatic rings. The third-order valence-corrected chi connectivity index (χ3v) is 2.93. The molecule has 6 heteroatoms. The number of para-hydroxylation sites is 1. The largest absolute Gasteiger partial charge is 0.481 e. The second-order valence-electron chi connectivity index (χ2n) is 4.45. The molecule has 0 fully saturated rings. The average molecular weight is 285 g/mol. The average Bonchev–Trinajstić information content (AvgIpc) is 2.46. The molecule has 1 aromatic carbocycles. The molecule has 6 nitrogen and oxygen atoms in total. The molecule has 2 rings (SSSR count). The minimum Gasteiger partial charge on any atom is -0.481 e. The number of anilines is 2. The number of rotatable bonds is 5. The van der Waals surface area contributed by atoms with Crippen LogP contribution in [0.4, 0.5) is 11.4 Å². The van der Waals surface area contributed by atoms with E-state index >= 15 is 0 Å². The fourth-order valence-corrected chi connectivity index (χ4v) is 1.89. The van der Waals surface area contributed by atoms with E-state index in [-0.39, 0.29) is 17.8 Å². The van der Waals surface area contributed by atoms with Crippen LogP contribution in [0.1, 0.15) is 22.5 Å². The normalized spacial score (nSPS) is 10.1. The SMILES string of the molecule is Nc1cccnc1C(=O)Nc1ccccc1CCC(=O)O. The molecule has 0 atom stereocenters. The smallest absolute Gasteiger partial charge is 0.303 e. The lowest BCUT2D eigenvalue weighted by Gasteiger charge is -2.10. The molecule has 1 aromatic heterocycles. The Morgan fingerprint density at radius 3 is 2.67 bits per heavy atom. The van der Waals surface area contributed by atoms with Crippen molar-refractivity contribution in [1.29, 1.82) is 0 Å². The molecule has 1 amide bonds. The number of benzene rings is 1. The first-order valence-electron chi connectivity index (χ1n) is 6.39. The summed E-state index contributed by atoms with van der Waals surface area (Å²) in [6, 6.07) is 10.3. The number of aromatic nitrogens is 1. The van der Waals surface area contributed by atoms with Gasteiger partial charge in [-0.05, 0) is 30.2 Å². The second kappa shape index (κ2) is 6.51. The van der Waals surface area contributed by atoms with Crippen molar-refractivity contribution in [3.05, 3.63) is 53.9 Å². The lowest BCUT2D eigenvalue weighted by molar-refractivity contribution is -0.136. The van der Waals surface area contributed by atoms with E-state index in [4.69, 9.17) is 10.8 Å². The van der Waals surface area contributed by atoms with Crippen LogP contribution in [0.5, 0.6) is 0 Å². The fourth-order valence-electron chi connectivity index (χ4n) is 1.89. The Morgan fingerprint density at radius 1 is 1.19 bits per heavy atom. The van der Waals surface area contributed by atoms with Crippen molar-refractivity contribution in [3.63, 3.8) is 0 Å². The van der Waals surface area contributed by atoms with E-state index in [9.17, 15) is 9.59 Å². The van der Waals surface area contributed by atoms with Crippen molar-refractivity contribution >= 4 is 23.3 Å². The Bertz CT molecular complexity index is 671. The van der Waals surface area contributed by atoms with Crippen molar-refractivity contribution in [2.24, 2.45) is 0 Å². The summed E-state index contributed by atoms with van der Waals surface area (Å²) in [6.07, 6.45) is 1.82.